The first-order valence-electron chi connectivity index (χ1n) is 2.90. The fourth-order valence-corrected chi connectivity index (χ4v) is 0.840. The van der Waals surface area contributed by atoms with Gasteiger partial charge in [-0.05, 0) is 5.56 Å². The van der Waals surface area contributed by atoms with Gasteiger partial charge in [-0.1, -0.05) is 24.3 Å². The van der Waals surface area contributed by atoms with E-state index in [1.807, 2.05) is 12.1 Å². The highest BCUT2D eigenvalue weighted by atomic mass is 35.5. The quantitative estimate of drug-likeness (QED) is 0.593. The van der Waals surface area contributed by atoms with Gasteiger partial charge in [0.2, 0.25) is 6.29 Å². The molecular formula is C8H6ClO. The van der Waals surface area contributed by atoms with Crippen LogP contribution in [0.2, 0.25) is 0 Å². The maximum Gasteiger partial charge on any atom is 0.233 e. The van der Waals surface area contributed by atoms with E-state index in [1.54, 1.807) is 18.4 Å². The summed E-state index contributed by atoms with van der Waals surface area (Å²) in [5.41, 5.74) is 1.58. The minimum atomic E-state index is 0.485. The zero-order valence-corrected chi connectivity index (χ0v) is 6.06. The molecule has 0 fully saturated rings. The number of hydrogen-bond acceptors (Lipinski definition) is 1. The molecule has 1 nitrogen and oxygen atoms in total. The second kappa shape index (κ2) is 3.37. The third kappa shape index (κ3) is 1.58. The molecule has 1 rings (SSSR count). The van der Waals surface area contributed by atoms with Crippen molar-refractivity contribution >= 4 is 17.9 Å². The number of carbonyl (C=O) groups excluding carboxylic acids is 1. The van der Waals surface area contributed by atoms with E-state index in [2.05, 4.69) is 0 Å². The van der Waals surface area contributed by atoms with Crippen molar-refractivity contribution in [1.82, 2.24) is 0 Å². The van der Waals surface area contributed by atoms with Crippen LogP contribution in [0, 0.1) is 0 Å². The van der Waals surface area contributed by atoms with Crippen molar-refractivity contribution in [2.75, 3.05) is 0 Å². The van der Waals surface area contributed by atoms with Gasteiger partial charge in [-0.2, -0.15) is 0 Å². The third-order valence-corrected chi connectivity index (χ3v) is 1.53. The molecular weight excluding hydrogens is 148 g/mol. The van der Waals surface area contributed by atoms with Gasteiger partial charge in [0.15, 0.2) is 0 Å². The van der Waals surface area contributed by atoms with Gasteiger partial charge in [0.05, 0.1) is 0 Å². The zero-order valence-electron chi connectivity index (χ0n) is 5.30. The normalized spacial score (nSPS) is 9.30. The largest absolute Gasteiger partial charge is 0.285 e. The Morgan fingerprint density at radius 3 is 2.30 bits per heavy atom. The summed E-state index contributed by atoms with van der Waals surface area (Å²) in [6.45, 7) is 0. The maximum absolute atomic E-state index is 10.0. The summed E-state index contributed by atoms with van der Waals surface area (Å²) < 4.78 is 0. The van der Waals surface area contributed by atoms with Crippen LogP contribution in [-0.4, -0.2) is 6.29 Å². The molecule has 0 N–H and O–H groups in total. The number of halogens is 1. The Kier molecular flexibility index (Phi) is 2.46. The molecule has 1 aromatic rings. The summed E-state index contributed by atoms with van der Waals surface area (Å²) in [6.07, 6.45) is 1.79. The van der Waals surface area contributed by atoms with Crippen LogP contribution in [0.25, 0.3) is 0 Å². The summed E-state index contributed by atoms with van der Waals surface area (Å²) in [7, 11) is 0. The van der Waals surface area contributed by atoms with Gasteiger partial charge in [-0.15, -0.1) is 11.6 Å². The lowest BCUT2D eigenvalue weighted by Crippen LogP contribution is -1.80. The maximum atomic E-state index is 10.0. The van der Waals surface area contributed by atoms with Crippen LogP contribution >= 0.6 is 11.6 Å². The summed E-state index contributed by atoms with van der Waals surface area (Å²) in [6, 6.07) is 7.02. The van der Waals surface area contributed by atoms with E-state index in [0.717, 1.165) is 5.56 Å². The van der Waals surface area contributed by atoms with Gasteiger partial charge in [0.25, 0.3) is 0 Å². The lowest BCUT2D eigenvalue weighted by molar-refractivity contribution is 0.563. The Morgan fingerprint density at radius 1 is 1.30 bits per heavy atom. The average molecular weight is 154 g/mol. The van der Waals surface area contributed by atoms with Crippen LogP contribution in [0.1, 0.15) is 11.1 Å². The fraction of sp³-hybridized carbons (Fsp3) is 0.125. The summed E-state index contributed by atoms with van der Waals surface area (Å²) >= 11 is 5.52. The first-order valence-corrected chi connectivity index (χ1v) is 3.43. The first-order chi connectivity index (χ1) is 4.86. The highest BCUT2D eigenvalue weighted by Gasteiger charge is 1.90. The molecule has 0 aliphatic rings. The minimum Gasteiger partial charge on any atom is -0.285 e. The van der Waals surface area contributed by atoms with Crippen LogP contribution in [0.3, 0.4) is 0 Å². The molecule has 0 spiro atoms. The van der Waals surface area contributed by atoms with Gasteiger partial charge in [0, 0.05) is 11.4 Å². The number of hydrogen-bond donors (Lipinski definition) is 0. The van der Waals surface area contributed by atoms with Crippen molar-refractivity contribution in [3.8, 4) is 0 Å². The molecule has 0 saturated carbocycles. The Morgan fingerprint density at radius 2 is 1.90 bits per heavy atom. The van der Waals surface area contributed by atoms with Crippen molar-refractivity contribution < 1.29 is 4.79 Å². The fourth-order valence-electron chi connectivity index (χ4n) is 0.662. The van der Waals surface area contributed by atoms with Crippen molar-refractivity contribution in [2.24, 2.45) is 0 Å². The molecule has 1 radical (unpaired) electrons. The number of alkyl halides is 1. The van der Waals surface area contributed by atoms with Gasteiger partial charge < -0.3 is 0 Å². The minimum absolute atomic E-state index is 0.485. The van der Waals surface area contributed by atoms with Crippen LogP contribution in [0.4, 0.5) is 0 Å². The second-order valence-corrected chi connectivity index (χ2v) is 2.20. The standard InChI is InChI=1S/C8H6ClO/c9-5-7-1-3-8(6-10)4-2-7/h1-4H,5H2. The Bertz CT molecular complexity index is 215. The SMILES string of the molecule is O=[C]c1ccc(CCl)cc1. The van der Waals surface area contributed by atoms with Gasteiger partial charge in [0.1, 0.15) is 0 Å². The molecule has 0 bridgehead atoms. The highest BCUT2D eigenvalue weighted by Crippen LogP contribution is 2.04. The predicted octanol–water partition coefficient (Wildman–Crippen LogP) is 1.88. The third-order valence-electron chi connectivity index (χ3n) is 1.23. The monoisotopic (exact) mass is 153 g/mol. The Balaban J connectivity index is 2.90. The zero-order chi connectivity index (χ0) is 7.40. The molecule has 0 amide bonds. The molecule has 10 heavy (non-hydrogen) atoms. The molecule has 0 heterocycles. The predicted molar refractivity (Wildman–Crippen MR) is 40.8 cm³/mol. The smallest absolute Gasteiger partial charge is 0.233 e. The molecule has 0 saturated heterocycles. The van der Waals surface area contributed by atoms with Crippen LogP contribution in [-0.2, 0) is 10.7 Å². The molecule has 1 aromatic carbocycles. The number of rotatable bonds is 2. The van der Waals surface area contributed by atoms with E-state index in [9.17, 15) is 4.79 Å². The average Bonchev–Trinajstić information content (AvgIpc) is 2.05. The van der Waals surface area contributed by atoms with Crippen LogP contribution in [0.15, 0.2) is 24.3 Å². The topological polar surface area (TPSA) is 17.1 Å². The van der Waals surface area contributed by atoms with Crippen molar-refractivity contribution in [3.63, 3.8) is 0 Å². The summed E-state index contributed by atoms with van der Waals surface area (Å²) in [5, 5.41) is 0. The molecule has 2 heteroatoms. The second-order valence-electron chi connectivity index (χ2n) is 1.93. The van der Waals surface area contributed by atoms with E-state index in [4.69, 9.17) is 11.6 Å². The van der Waals surface area contributed by atoms with Gasteiger partial charge >= 0.3 is 0 Å². The van der Waals surface area contributed by atoms with E-state index in [0.29, 0.717) is 11.4 Å². The molecule has 51 valence electrons. The van der Waals surface area contributed by atoms with Crippen molar-refractivity contribution in [3.05, 3.63) is 35.4 Å². The Hall–Kier alpha value is -0.820. The molecule has 0 aromatic heterocycles. The van der Waals surface area contributed by atoms with Crippen molar-refractivity contribution in [2.45, 2.75) is 5.88 Å². The van der Waals surface area contributed by atoms with E-state index in [1.165, 1.54) is 0 Å². The van der Waals surface area contributed by atoms with E-state index in [-0.39, 0.29) is 0 Å². The summed E-state index contributed by atoms with van der Waals surface area (Å²) in [4.78, 5) is 10.0. The first kappa shape index (κ1) is 7.29. The summed E-state index contributed by atoms with van der Waals surface area (Å²) in [5.74, 6) is 0.485. The molecule has 0 aliphatic carbocycles. The molecule has 0 aliphatic heterocycles. The highest BCUT2D eigenvalue weighted by molar-refractivity contribution is 6.17. The van der Waals surface area contributed by atoms with Crippen LogP contribution in [0.5, 0.6) is 0 Å². The van der Waals surface area contributed by atoms with Gasteiger partial charge in [-0.3, -0.25) is 4.79 Å². The molecule has 0 unspecified atom stereocenters. The number of benzene rings is 1. The van der Waals surface area contributed by atoms with E-state index >= 15 is 0 Å². The van der Waals surface area contributed by atoms with Gasteiger partial charge in [-0.25, -0.2) is 0 Å². The molecule has 0 atom stereocenters. The van der Waals surface area contributed by atoms with Crippen LogP contribution < -0.4 is 0 Å². The lowest BCUT2D eigenvalue weighted by atomic mass is 10.2. The van der Waals surface area contributed by atoms with Crippen molar-refractivity contribution in [1.29, 1.82) is 0 Å². The lowest BCUT2D eigenvalue weighted by Gasteiger charge is -1.92. The Labute approximate surface area is 64.6 Å². The van der Waals surface area contributed by atoms with E-state index < -0.39 is 0 Å².